The molecule has 3 heterocycles. The molecule has 0 fully saturated rings. The van der Waals surface area contributed by atoms with Gasteiger partial charge in [0.15, 0.2) is 6.17 Å². The minimum atomic E-state index is -0.00667. The van der Waals surface area contributed by atoms with Gasteiger partial charge in [-0.05, 0) is 31.1 Å². The van der Waals surface area contributed by atoms with Gasteiger partial charge in [0.1, 0.15) is 6.34 Å². The van der Waals surface area contributed by atoms with E-state index in [1.165, 1.54) is 16.7 Å². The van der Waals surface area contributed by atoms with Crippen LogP contribution in [0, 0.1) is 0 Å². The van der Waals surface area contributed by atoms with Crippen LogP contribution in [-0.2, 0) is 5.54 Å². The van der Waals surface area contributed by atoms with E-state index in [2.05, 4.69) is 59.3 Å². The van der Waals surface area contributed by atoms with Crippen molar-refractivity contribution in [1.82, 2.24) is 9.91 Å². The summed E-state index contributed by atoms with van der Waals surface area (Å²) in [5.41, 5.74) is 4.15. The zero-order chi connectivity index (χ0) is 10.9. The standard InChI is InChI=1S/C13H13N3/c1-13(2)10-5-3-4-9-6-7-15-8-14-16(13)12(15)11(9)10/h3-8,12H,1-2H3. The van der Waals surface area contributed by atoms with Gasteiger partial charge in [0.25, 0.3) is 0 Å². The predicted octanol–water partition coefficient (Wildman–Crippen LogP) is 2.48. The van der Waals surface area contributed by atoms with Gasteiger partial charge in [0.05, 0.1) is 5.54 Å². The van der Waals surface area contributed by atoms with Gasteiger partial charge in [0.2, 0.25) is 0 Å². The van der Waals surface area contributed by atoms with E-state index in [4.69, 9.17) is 0 Å². The molecule has 0 radical (unpaired) electrons. The van der Waals surface area contributed by atoms with Crippen LogP contribution < -0.4 is 0 Å². The van der Waals surface area contributed by atoms with Gasteiger partial charge in [0, 0.05) is 11.8 Å². The lowest BCUT2D eigenvalue weighted by Gasteiger charge is -2.32. The van der Waals surface area contributed by atoms with E-state index in [9.17, 15) is 0 Å². The Bertz CT molecular complexity index is 542. The zero-order valence-electron chi connectivity index (χ0n) is 9.38. The lowest BCUT2D eigenvalue weighted by atomic mass is 9.90. The van der Waals surface area contributed by atoms with E-state index < -0.39 is 0 Å². The lowest BCUT2D eigenvalue weighted by Crippen LogP contribution is -2.34. The largest absolute Gasteiger partial charge is 0.311 e. The molecular formula is C13H13N3. The summed E-state index contributed by atoms with van der Waals surface area (Å²) < 4.78 is 0. The van der Waals surface area contributed by atoms with Gasteiger partial charge in [-0.2, -0.15) is 5.10 Å². The van der Waals surface area contributed by atoms with Gasteiger partial charge in [-0.15, -0.1) is 0 Å². The van der Waals surface area contributed by atoms with E-state index >= 15 is 0 Å². The first-order valence-electron chi connectivity index (χ1n) is 5.62. The Morgan fingerprint density at radius 3 is 3.06 bits per heavy atom. The van der Waals surface area contributed by atoms with Crippen LogP contribution in [0.4, 0.5) is 0 Å². The van der Waals surface area contributed by atoms with Crippen molar-refractivity contribution >= 4 is 12.4 Å². The third-order valence-electron chi connectivity index (χ3n) is 3.88. The Morgan fingerprint density at radius 1 is 1.31 bits per heavy atom. The summed E-state index contributed by atoms with van der Waals surface area (Å²) in [5, 5.41) is 6.73. The van der Waals surface area contributed by atoms with Crippen molar-refractivity contribution in [2.45, 2.75) is 25.6 Å². The molecule has 16 heavy (non-hydrogen) atoms. The third-order valence-corrected chi connectivity index (χ3v) is 3.88. The van der Waals surface area contributed by atoms with Crippen molar-refractivity contribution in [3.63, 3.8) is 0 Å². The molecule has 3 aliphatic heterocycles. The van der Waals surface area contributed by atoms with Gasteiger partial charge >= 0.3 is 0 Å². The summed E-state index contributed by atoms with van der Waals surface area (Å²) in [4.78, 5) is 2.18. The van der Waals surface area contributed by atoms with Gasteiger partial charge in [-0.3, -0.25) is 5.01 Å². The molecule has 0 saturated carbocycles. The number of nitrogens with zero attached hydrogens (tertiary/aromatic N) is 3. The van der Waals surface area contributed by atoms with Crippen molar-refractivity contribution in [2.75, 3.05) is 0 Å². The molecule has 0 bridgehead atoms. The maximum atomic E-state index is 4.53. The molecule has 3 aliphatic rings. The van der Waals surface area contributed by atoms with Gasteiger partial charge in [-0.25, -0.2) is 0 Å². The number of hydrogen-bond acceptors (Lipinski definition) is 3. The quantitative estimate of drug-likeness (QED) is 0.656. The summed E-state index contributed by atoms with van der Waals surface area (Å²) in [6.07, 6.45) is 6.49. The summed E-state index contributed by atoms with van der Waals surface area (Å²) in [7, 11) is 0. The van der Waals surface area contributed by atoms with Crippen molar-refractivity contribution in [3.8, 4) is 0 Å². The van der Waals surface area contributed by atoms with E-state index in [0.29, 0.717) is 0 Å². The average Bonchev–Trinajstić information content (AvgIpc) is 2.79. The van der Waals surface area contributed by atoms with Crippen LogP contribution in [-0.4, -0.2) is 16.2 Å². The molecule has 0 N–H and O–H groups in total. The fourth-order valence-corrected chi connectivity index (χ4v) is 3.05. The first kappa shape index (κ1) is 8.39. The maximum Gasteiger partial charge on any atom is 0.151 e. The molecule has 1 unspecified atom stereocenters. The van der Waals surface area contributed by atoms with Crippen molar-refractivity contribution < 1.29 is 0 Å². The first-order chi connectivity index (χ1) is 7.69. The number of benzene rings is 1. The van der Waals surface area contributed by atoms with E-state index in [-0.39, 0.29) is 11.7 Å². The summed E-state index contributed by atoms with van der Waals surface area (Å²) in [6.45, 7) is 4.48. The molecule has 0 amide bonds. The van der Waals surface area contributed by atoms with Crippen LogP contribution in [0.5, 0.6) is 0 Å². The second-order valence-corrected chi connectivity index (χ2v) is 5.08. The maximum absolute atomic E-state index is 4.53. The normalized spacial score (nSPS) is 26.5. The molecule has 1 atom stereocenters. The second kappa shape index (κ2) is 2.32. The SMILES string of the molecule is CC1(C)c2cccc3c2C2N(C=C3)C=NN21. The average molecular weight is 211 g/mol. The Hall–Kier alpha value is -1.77. The molecular weight excluding hydrogens is 198 g/mol. The Balaban J connectivity index is 2.10. The highest BCUT2D eigenvalue weighted by Crippen LogP contribution is 2.52. The molecule has 1 aromatic carbocycles. The van der Waals surface area contributed by atoms with Crippen molar-refractivity contribution in [2.24, 2.45) is 5.10 Å². The molecule has 4 rings (SSSR count). The Kier molecular flexibility index (Phi) is 1.21. The summed E-state index contributed by atoms with van der Waals surface area (Å²) in [6, 6.07) is 6.55. The summed E-state index contributed by atoms with van der Waals surface area (Å²) >= 11 is 0. The van der Waals surface area contributed by atoms with Crippen LogP contribution in [0.25, 0.3) is 6.08 Å². The fourth-order valence-electron chi connectivity index (χ4n) is 3.05. The van der Waals surface area contributed by atoms with Crippen LogP contribution in [0.15, 0.2) is 29.5 Å². The predicted molar refractivity (Wildman–Crippen MR) is 63.4 cm³/mol. The minimum absolute atomic E-state index is 0.00667. The van der Waals surface area contributed by atoms with E-state index in [1.807, 2.05) is 6.34 Å². The number of hydrogen-bond donors (Lipinski definition) is 0. The zero-order valence-corrected chi connectivity index (χ0v) is 9.38. The molecule has 0 spiro atoms. The fraction of sp³-hybridized carbons (Fsp3) is 0.308. The third kappa shape index (κ3) is 0.722. The Labute approximate surface area is 94.7 Å². The molecule has 0 aliphatic carbocycles. The van der Waals surface area contributed by atoms with Crippen molar-refractivity contribution in [1.29, 1.82) is 0 Å². The van der Waals surface area contributed by atoms with Crippen LogP contribution in [0.2, 0.25) is 0 Å². The molecule has 80 valence electrons. The van der Waals surface area contributed by atoms with Gasteiger partial charge in [-0.1, -0.05) is 18.2 Å². The Morgan fingerprint density at radius 2 is 2.19 bits per heavy atom. The highest BCUT2D eigenvalue weighted by molar-refractivity contribution is 5.71. The molecule has 0 saturated heterocycles. The highest BCUT2D eigenvalue weighted by atomic mass is 15.6. The number of hydrazone groups is 1. The van der Waals surface area contributed by atoms with E-state index in [1.54, 1.807) is 0 Å². The molecule has 3 nitrogen and oxygen atoms in total. The summed E-state index contributed by atoms with van der Waals surface area (Å²) in [5.74, 6) is 0. The van der Waals surface area contributed by atoms with E-state index in [0.717, 1.165) is 0 Å². The number of rotatable bonds is 0. The molecule has 3 heteroatoms. The highest BCUT2D eigenvalue weighted by Gasteiger charge is 2.49. The van der Waals surface area contributed by atoms with Gasteiger partial charge < -0.3 is 4.90 Å². The second-order valence-electron chi connectivity index (χ2n) is 5.08. The molecule has 1 aromatic rings. The van der Waals surface area contributed by atoms with Crippen LogP contribution >= 0.6 is 0 Å². The smallest absolute Gasteiger partial charge is 0.151 e. The van der Waals surface area contributed by atoms with Crippen LogP contribution in [0.1, 0.15) is 36.7 Å². The molecule has 0 aromatic heterocycles. The topological polar surface area (TPSA) is 18.8 Å². The lowest BCUT2D eigenvalue weighted by molar-refractivity contribution is 0.0752. The monoisotopic (exact) mass is 211 g/mol. The first-order valence-corrected chi connectivity index (χ1v) is 5.62. The van der Waals surface area contributed by atoms with Crippen LogP contribution in [0.3, 0.4) is 0 Å². The minimum Gasteiger partial charge on any atom is -0.311 e. The van der Waals surface area contributed by atoms with Crippen molar-refractivity contribution in [3.05, 3.63) is 41.1 Å².